The van der Waals surface area contributed by atoms with E-state index in [1.54, 1.807) is 24.4 Å². The SMILES string of the molecule is C=CCn1c(SCC(=O)c2ccc(Br)cc2)nnc1-c1ccccn1. The summed E-state index contributed by atoms with van der Waals surface area (Å²) >= 11 is 4.73. The number of pyridine rings is 1. The van der Waals surface area contributed by atoms with Crippen LogP contribution in [0.2, 0.25) is 0 Å². The molecule has 0 aliphatic rings. The molecular weight excluding hydrogens is 400 g/mol. The first-order valence-corrected chi connectivity index (χ1v) is 9.34. The molecule has 0 unspecified atom stereocenters. The van der Waals surface area contributed by atoms with Crippen molar-refractivity contribution in [2.24, 2.45) is 0 Å². The lowest BCUT2D eigenvalue weighted by molar-refractivity contribution is 0.102. The van der Waals surface area contributed by atoms with Gasteiger partial charge in [-0.15, -0.1) is 16.8 Å². The van der Waals surface area contributed by atoms with Gasteiger partial charge in [-0.1, -0.05) is 52.0 Å². The molecule has 0 aliphatic carbocycles. The van der Waals surface area contributed by atoms with E-state index in [2.05, 4.69) is 37.7 Å². The third-order valence-corrected chi connectivity index (χ3v) is 4.92. The van der Waals surface area contributed by atoms with Gasteiger partial charge in [0.1, 0.15) is 5.69 Å². The zero-order chi connectivity index (χ0) is 17.6. The molecule has 2 heterocycles. The number of Topliss-reactive ketones (excluding diaryl/α,β-unsaturated/α-hetero) is 1. The van der Waals surface area contributed by atoms with Crippen LogP contribution in [0.3, 0.4) is 0 Å². The second-order valence-electron chi connectivity index (χ2n) is 5.14. The smallest absolute Gasteiger partial charge is 0.192 e. The molecular formula is C18H15BrN4OS. The molecule has 3 aromatic rings. The van der Waals surface area contributed by atoms with Crippen LogP contribution in [0.1, 0.15) is 10.4 Å². The number of halogens is 1. The number of benzene rings is 1. The summed E-state index contributed by atoms with van der Waals surface area (Å²) in [6.07, 6.45) is 3.49. The maximum atomic E-state index is 12.3. The van der Waals surface area contributed by atoms with E-state index in [1.165, 1.54) is 11.8 Å². The Bertz CT molecular complexity index is 878. The Labute approximate surface area is 158 Å². The molecule has 0 fully saturated rings. The van der Waals surface area contributed by atoms with E-state index in [4.69, 9.17) is 0 Å². The molecule has 0 atom stereocenters. The first-order valence-electron chi connectivity index (χ1n) is 7.56. The molecule has 3 rings (SSSR count). The van der Waals surface area contributed by atoms with Gasteiger partial charge < -0.3 is 0 Å². The maximum absolute atomic E-state index is 12.3. The molecule has 0 spiro atoms. The van der Waals surface area contributed by atoms with Crippen LogP contribution < -0.4 is 0 Å². The number of carbonyl (C=O) groups excluding carboxylic acids is 1. The average molecular weight is 415 g/mol. The van der Waals surface area contributed by atoms with Crippen LogP contribution in [0.15, 0.2) is 70.9 Å². The first-order chi connectivity index (χ1) is 12.2. The fourth-order valence-corrected chi connectivity index (χ4v) is 3.33. The highest BCUT2D eigenvalue weighted by Crippen LogP contribution is 2.23. The Morgan fingerprint density at radius 3 is 2.68 bits per heavy atom. The summed E-state index contributed by atoms with van der Waals surface area (Å²) in [4.78, 5) is 16.7. The topological polar surface area (TPSA) is 60.7 Å². The van der Waals surface area contributed by atoms with Crippen molar-refractivity contribution < 1.29 is 4.79 Å². The summed E-state index contributed by atoms with van der Waals surface area (Å²) < 4.78 is 2.86. The summed E-state index contributed by atoms with van der Waals surface area (Å²) in [5.74, 6) is 1.00. The highest BCUT2D eigenvalue weighted by atomic mass is 79.9. The van der Waals surface area contributed by atoms with Gasteiger partial charge in [0.05, 0.1) is 5.75 Å². The summed E-state index contributed by atoms with van der Waals surface area (Å²) in [6.45, 7) is 4.33. The van der Waals surface area contributed by atoms with Crippen LogP contribution in [-0.4, -0.2) is 31.3 Å². The second kappa shape index (κ2) is 8.22. The van der Waals surface area contributed by atoms with E-state index in [0.29, 0.717) is 28.8 Å². The van der Waals surface area contributed by atoms with Crippen molar-refractivity contribution in [2.75, 3.05) is 5.75 Å². The Morgan fingerprint density at radius 2 is 2.00 bits per heavy atom. The van der Waals surface area contributed by atoms with Crippen molar-refractivity contribution >= 4 is 33.5 Å². The standard InChI is InChI=1S/C18H15BrN4OS/c1-2-11-23-17(15-5-3-4-10-20-15)21-22-18(23)25-12-16(24)13-6-8-14(19)9-7-13/h2-10H,1,11-12H2. The molecule has 0 bridgehead atoms. The van der Waals surface area contributed by atoms with Gasteiger partial charge in [0.2, 0.25) is 0 Å². The Morgan fingerprint density at radius 1 is 1.20 bits per heavy atom. The van der Waals surface area contributed by atoms with Crippen molar-refractivity contribution in [2.45, 2.75) is 11.7 Å². The van der Waals surface area contributed by atoms with E-state index >= 15 is 0 Å². The van der Waals surface area contributed by atoms with Crippen LogP contribution in [0.4, 0.5) is 0 Å². The number of hydrogen-bond donors (Lipinski definition) is 0. The Kier molecular flexibility index (Phi) is 5.78. The molecule has 25 heavy (non-hydrogen) atoms. The molecule has 2 aromatic heterocycles. The zero-order valence-corrected chi connectivity index (χ0v) is 15.7. The minimum atomic E-state index is 0.0463. The van der Waals surface area contributed by atoms with Crippen LogP contribution in [0, 0.1) is 0 Å². The van der Waals surface area contributed by atoms with Gasteiger partial charge in [-0.3, -0.25) is 14.3 Å². The third kappa shape index (κ3) is 4.24. The molecule has 0 aliphatic heterocycles. The minimum Gasteiger partial charge on any atom is -0.297 e. The molecule has 0 radical (unpaired) electrons. The number of thioether (sulfide) groups is 1. The zero-order valence-electron chi connectivity index (χ0n) is 13.3. The van der Waals surface area contributed by atoms with Gasteiger partial charge in [0.25, 0.3) is 0 Å². The quantitative estimate of drug-likeness (QED) is 0.328. The van der Waals surface area contributed by atoms with E-state index in [1.807, 2.05) is 34.9 Å². The van der Waals surface area contributed by atoms with Crippen LogP contribution >= 0.6 is 27.7 Å². The number of rotatable bonds is 7. The minimum absolute atomic E-state index is 0.0463. The lowest BCUT2D eigenvalue weighted by Crippen LogP contribution is -2.05. The lowest BCUT2D eigenvalue weighted by Gasteiger charge is -2.07. The predicted molar refractivity (Wildman–Crippen MR) is 103 cm³/mol. The number of ketones is 1. The van der Waals surface area contributed by atoms with Gasteiger partial charge in [-0.25, -0.2) is 0 Å². The average Bonchev–Trinajstić information content (AvgIpc) is 3.04. The summed E-state index contributed by atoms with van der Waals surface area (Å²) in [5, 5.41) is 9.12. The first kappa shape index (κ1) is 17.6. The number of allylic oxidation sites excluding steroid dienone is 1. The highest BCUT2D eigenvalue weighted by Gasteiger charge is 2.16. The third-order valence-electron chi connectivity index (χ3n) is 3.42. The van der Waals surface area contributed by atoms with E-state index in [9.17, 15) is 4.79 Å². The van der Waals surface area contributed by atoms with E-state index in [0.717, 1.165) is 10.2 Å². The maximum Gasteiger partial charge on any atom is 0.192 e. The molecule has 0 saturated carbocycles. The number of aromatic nitrogens is 4. The number of carbonyl (C=O) groups is 1. The van der Waals surface area contributed by atoms with E-state index < -0.39 is 0 Å². The van der Waals surface area contributed by atoms with E-state index in [-0.39, 0.29) is 5.78 Å². The molecule has 1 aromatic carbocycles. The van der Waals surface area contributed by atoms with Gasteiger partial charge in [-0.2, -0.15) is 0 Å². The number of nitrogens with zero attached hydrogens (tertiary/aromatic N) is 4. The van der Waals surface area contributed by atoms with Crippen LogP contribution in [-0.2, 0) is 6.54 Å². The normalized spacial score (nSPS) is 10.6. The molecule has 7 heteroatoms. The van der Waals surface area contributed by atoms with Crippen molar-refractivity contribution in [1.29, 1.82) is 0 Å². The molecule has 0 saturated heterocycles. The van der Waals surface area contributed by atoms with Gasteiger partial charge in [-0.05, 0) is 24.3 Å². The van der Waals surface area contributed by atoms with Gasteiger partial charge in [0.15, 0.2) is 16.8 Å². The van der Waals surface area contributed by atoms with Crippen molar-refractivity contribution in [3.8, 4) is 11.5 Å². The predicted octanol–water partition coefficient (Wildman–Crippen LogP) is 4.26. The fourth-order valence-electron chi connectivity index (χ4n) is 2.22. The number of hydrogen-bond acceptors (Lipinski definition) is 5. The van der Waals surface area contributed by atoms with Crippen molar-refractivity contribution in [3.05, 3.63) is 71.4 Å². The van der Waals surface area contributed by atoms with Gasteiger partial charge in [0, 0.05) is 22.8 Å². The molecule has 126 valence electrons. The van der Waals surface area contributed by atoms with Crippen molar-refractivity contribution in [3.63, 3.8) is 0 Å². The van der Waals surface area contributed by atoms with Gasteiger partial charge >= 0.3 is 0 Å². The summed E-state index contributed by atoms with van der Waals surface area (Å²) in [5.41, 5.74) is 1.42. The lowest BCUT2D eigenvalue weighted by atomic mass is 10.2. The molecule has 0 N–H and O–H groups in total. The Hall–Kier alpha value is -2.25. The monoisotopic (exact) mass is 414 g/mol. The highest BCUT2D eigenvalue weighted by molar-refractivity contribution is 9.10. The summed E-state index contributed by atoms with van der Waals surface area (Å²) in [7, 11) is 0. The molecule has 5 nitrogen and oxygen atoms in total. The fraction of sp³-hybridized carbons (Fsp3) is 0.111. The largest absolute Gasteiger partial charge is 0.297 e. The molecule has 0 amide bonds. The summed E-state index contributed by atoms with van der Waals surface area (Å²) in [6, 6.07) is 13.0. The van der Waals surface area contributed by atoms with Crippen LogP contribution in [0.5, 0.6) is 0 Å². The Balaban J connectivity index is 1.78. The van der Waals surface area contributed by atoms with Crippen molar-refractivity contribution in [1.82, 2.24) is 19.7 Å². The second-order valence-corrected chi connectivity index (χ2v) is 7.00. The van der Waals surface area contributed by atoms with Crippen LogP contribution in [0.25, 0.3) is 11.5 Å².